The highest BCUT2D eigenvalue weighted by Gasteiger charge is 2.23. The van der Waals surface area contributed by atoms with E-state index in [-0.39, 0.29) is 11.4 Å². The molecule has 1 heterocycles. The number of aromatic nitrogens is 2. The molecule has 0 aliphatic rings. The van der Waals surface area contributed by atoms with Crippen LogP contribution >= 0.6 is 0 Å². The zero-order chi connectivity index (χ0) is 17.0. The van der Waals surface area contributed by atoms with Crippen molar-refractivity contribution in [3.05, 3.63) is 47.3 Å². The van der Waals surface area contributed by atoms with E-state index < -0.39 is 23.4 Å². The maximum absolute atomic E-state index is 13.8. The van der Waals surface area contributed by atoms with Crippen molar-refractivity contribution < 1.29 is 22.0 Å². The summed E-state index contributed by atoms with van der Waals surface area (Å²) >= 11 is 0. The number of nitrogens with zero attached hydrogens (tertiary/aromatic N) is 2. The van der Waals surface area contributed by atoms with E-state index >= 15 is 0 Å². The molecule has 0 spiro atoms. The predicted molar refractivity (Wildman–Crippen MR) is 74.3 cm³/mol. The number of hydrogen-bond donors (Lipinski definition) is 0. The smallest absolute Gasteiger partial charge is 0.236 e. The van der Waals surface area contributed by atoms with E-state index in [9.17, 15) is 22.0 Å². The first-order chi connectivity index (χ1) is 10.8. The summed E-state index contributed by atoms with van der Waals surface area (Å²) in [7, 11) is 0. The Hall–Kier alpha value is -2.49. The van der Waals surface area contributed by atoms with Gasteiger partial charge < -0.3 is 0 Å². The van der Waals surface area contributed by atoms with Crippen molar-refractivity contribution in [3.63, 3.8) is 0 Å². The van der Waals surface area contributed by atoms with Crippen LogP contribution in [0.3, 0.4) is 0 Å². The molecule has 0 aliphatic heterocycles. The van der Waals surface area contributed by atoms with Gasteiger partial charge >= 0.3 is 6.18 Å². The van der Waals surface area contributed by atoms with Gasteiger partial charge in [0.15, 0.2) is 5.82 Å². The van der Waals surface area contributed by atoms with Gasteiger partial charge in [0, 0.05) is 23.9 Å². The number of halogens is 5. The van der Waals surface area contributed by atoms with Gasteiger partial charge in [-0.15, -0.1) is 0 Å². The van der Waals surface area contributed by atoms with E-state index in [0.29, 0.717) is 0 Å². The highest BCUT2D eigenvalue weighted by Crippen LogP contribution is 2.22. The lowest BCUT2D eigenvalue weighted by Gasteiger charge is -2.04. The van der Waals surface area contributed by atoms with Crippen molar-refractivity contribution in [1.29, 1.82) is 0 Å². The highest BCUT2D eigenvalue weighted by atomic mass is 19.4. The summed E-state index contributed by atoms with van der Waals surface area (Å²) in [6, 6.07) is 1.72. The van der Waals surface area contributed by atoms with E-state index in [0.717, 1.165) is 36.5 Å². The second-order valence-electron chi connectivity index (χ2n) is 4.73. The quantitative estimate of drug-likeness (QED) is 0.621. The molecule has 2 aromatic rings. The Labute approximate surface area is 129 Å². The molecule has 2 rings (SSSR count). The van der Waals surface area contributed by atoms with Gasteiger partial charge in [-0.2, -0.15) is 13.2 Å². The van der Waals surface area contributed by atoms with Crippen molar-refractivity contribution in [2.45, 2.75) is 25.9 Å². The molecule has 0 aliphatic carbocycles. The van der Waals surface area contributed by atoms with Crippen LogP contribution in [0, 0.1) is 23.5 Å². The molecule has 0 fully saturated rings. The van der Waals surface area contributed by atoms with Gasteiger partial charge in [0.1, 0.15) is 11.6 Å². The van der Waals surface area contributed by atoms with Gasteiger partial charge in [-0.25, -0.2) is 18.7 Å². The molecule has 0 saturated carbocycles. The molecular formula is C16H11F5N2. The lowest BCUT2D eigenvalue weighted by Crippen LogP contribution is -2.02. The Bertz CT molecular complexity index is 732. The average molecular weight is 326 g/mol. The highest BCUT2D eigenvalue weighted by molar-refractivity contribution is 5.57. The summed E-state index contributed by atoms with van der Waals surface area (Å²) in [5.74, 6) is -0.0120. The summed E-state index contributed by atoms with van der Waals surface area (Å²) in [5, 5.41) is 0. The largest absolute Gasteiger partial charge is 0.458 e. The third-order valence-electron chi connectivity index (χ3n) is 2.87. The van der Waals surface area contributed by atoms with Crippen molar-refractivity contribution in [3.8, 4) is 23.2 Å². The second kappa shape index (κ2) is 6.73. The minimum absolute atomic E-state index is 0.0283. The average Bonchev–Trinajstić information content (AvgIpc) is 2.46. The zero-order valence-corrected chi connectivity index (χ0v) is 12.0. The molecule has 0 unspecified atom stereocenters. The van der Waals surface area contributed by atoms with Gasteiger partial charge in [-0.05, 0) is 24.1 Å². The molecule has 23 heavy (non-hydrogen) atoms. The monoisotopic (exact) mass is 326 g/mol. The van der Waals surface area contributed by atoms with E-state index in [1.54, 1.807) is 12.4 Å². The first kappa shape index (κ1) is 16.9. The van der Waals surface area contributed by atoms with Crippen molar-refractivity contribution >= 4 is 0 Å². The van der Waals surface area contributed by atoms with Crippen LogP contribution in [0.4, 0.5) is 22.0 Å². The van der Waals surface area contributed by atoms with Crippen LogP contribution in [0.15, 0.2) is 24.5 Å². The molecule has 0 N–H and O–H groups in total. The summed E-state index contributed by atoms with van der Waals surface area (Å²) in [6.07, 6.45) is -0.0682. The number of hydrogen-bond acceptors (Lipinski definition) is 2. The Morgan fingerprint density at radius 2 is 1.61 bits per heavy atom. The van der Waals surface area contributed by atoms with Gasteiger partial charge in [0.2, 0.25) is 0 Å². The Morgan fingerprint density at radius 3 is 2.09 bits per heavy atom. The van der Waals surface area contributed by atoms with Gasteiger partial charge in [0.25, 0.3) is 0 Å². The van der Waals surface area contributed by atoms with Crippen LogP contribution in [0.2, 0.25) is 0 Å². The molecular weight excluding hydrogens is 315 g/mol. The van der Waals surface area contributed by atoms with E-state index in [4.69, 9.17) is 0 Å². The zero-order valence-electron chi connectivity index (χ0n) is 12.0. The fourth-order valence-electron chi connectivity index (χ4n) is 1.88. The van der Waals surface area contributed by atoms with E-state index in [2.05, 4.69) is 9.97 Å². The third-order valence-corrected chi connectivity index (χ3v) is 2.87. The fraction of sp³-hybridized carbons (Fsp3) is 0.250. The molecule has 1 aromatic carbocycles. The lowest BCUT2D eigenvalue weighted by molar-refractivity contribution is -0.0696. The summed E-state index contributed by atoms with van der Waals surface area (Å²) < 4.78 is 63.6. The number of rotatable bonds is 3. The Morgan fingerprint density at radius 1 is 1.04 bits per heavy atom. The maximum atomic E-state index is 13.8. The van der Waals surface area contributed by atoms with E-state index in [1.165, 1.54) is 5.92 Å². The minimum atomic E-state index is -4.82. The summed E-state index contributed by atoms with van der Waals surface area (Å²) in [6.45, 7) is 1.99. The number of aryl methyl sites for hydroxylation is 1. The van der Waals surface area contributed by atoms with Crippen molar-refractivity contribution in [2.24, 2.45) is 0 Å². The Kier molecular flexibility index (Phi) is 4.94. The molecule has 0 saturated heterocycles. The lowest BCUT2D eigenvalue weighted by atomic mass is 10.1. The van der Waals surface area contributed by atoms with E-state index in [1.807, 2.05) is 6.92 Å². The van der Waals surface area contributed by atoms with Crippen molar-refractivity contribution in [1.82, 2.24) is 9.97 Å². The SMILES string of the molecule is CCCc1cnc(-c2cc(F)c(C#CC(F)(F)F)c(F)c2)nc1. The Balaban J connectivity index is 2.37. The minimum Gasteiger partial charge on any atom is -0.236 e. The second-order valence-corrected chi connectivity index (χ2v) is 4.73. The van der Waals surface area contributed by atoms with Crippen LogP contribution in [-0.4, -0.2) is 16.1 Å². The van der Waals surface area contributed by atoms with Gasteiger partial charge in [-0.1, -0.05) is 19.3 Å². The van der Waals surface area contributed by atoms with Crippen molar-refractivity contribution in [2.75, 3.05) is 0 Å². The molecule has 0 amide bonds. The molecule has 2 nitrogen and oxygen atoms in total. The van der Waals surface area contributed by atoms with Gasteiger partial charge in [0.05, 0.1) is 5.56 Å². The number of benzene rings is 1. The predicted octanol–water partition coefficient (Wildman–Crippen LogP) is 4.29. The van der Waals surface area contributed by atoms with Crippen LogP contribution in [-0.2, 0) is 6.42 Å². The molecule has 7 heteroatoms. The van der Waals surface area contributed by atoms with Crippen LogP contribution in [0.5, 0.6) is 0 Å². The summed E-state index contributed by atoms with van der Waals surface area (Å²) in [4.78, 5) is 8.01. The molecule has 120 valence electrons. The normalized spacial score (nSPS) is 11.0. The molecule has 0 atom stereocenters. The molecule has 0 bridgehead atoms. The number of alkyl halides is 3. The topological polar surface area (TPSA) is 25.8 Å². The third kappa shape index (κ3) is 4.49. The summed E-state index contributed by atoms with van der Waals surface area (Å²) in [5.41, 5.74) is -0.0286. The molecule has 0 radical (unpaired) electrons. The van der Waals surface area contributed by atoms with Crippen LogP contribution in [0.25, 0.3) is 11.4 Å². The maximum Gasteiger partial charge on any atom is 0.458 e. The van der Waals surface area contributed by atoms with Crippen LogP contribution < -0.4 is 0 Å². The van der Waals surface area contributed by atoms with Gasteiger partial charge in [-0.3, -0.25) is 0 Å². The molecule has 1 aromatic heterocycles. The first-order valence-electron chi connectivity index (χ1n) is 6.70. The standard InChI is InChI=1S/C16H11F5N2/c1-2-3-10-8-22-15(23-9-10)11-6-13(17)12(14(18)7-11)4-5-16(19,20)21/h6-9H,2-3H2,1H3. The fourth-order valence-corrected chi connectivity index (χ4v) is 1.88. The van der Waals surface area contributed by atoms with Crippen LogP contribution in [0.1, 0.15) is 24.5 Å². The first-order valence-corrected chi connectivity index (χ1v) is 6.70.